The zero-order chi connectivity index (χ0) is 22.5. The molecule has 0 aromatic heterocycles. The molecule has 0 aliphatic carbocycles. The summed E-state index contributed by atoms with van der Waals surface area (Å²) in [5.41, 5.74) is 3.67. The number of hydrogen-bond donors (Lipinski definition) is 0. The van der Waals surface area contributed by atoms with Gasteiger partial charge in [0.15, 0.2) is 11.5 Å². The maximum atomic E-state index is 13.1. The highest BCUT2D eigenvalue weighted by Crippen LogP contribution is 2.51. The van der Waals surface area contributed by atoms with Gasteiger partial charge < -0.3 is 14.4 Å². The fourth-order valence-corrected chi connectivity index (χ4v) is 4.35. The van der Waals surface area contributed by atoms with Gasteiger partial charge in [0, 0.05) is 12.1 Å². The molecule has 0 unspecified atom stereocenters. The number of rotatable bonds is 3. The van der Waals surface area contributed by atoms with E-state index < -0.39 is 0 Å². The zero-order valence-electron chi connectivity index (χ0n) is 17.7. The molecule has 0 saturated carbocycles. The molecule has 0 N–H and O–H groups in total. The Morgan fingerprint density at radius 2 is 1.12 bits per heavy atom. The molecule has 6 rings (SSSR count). The van der Waals surface area contributed by atoms with Gasteiger partial charge in [-0.2, -0.15) is 0 Å². The van der Waals surface area contributed by atoms with E-state index in [0.717, 1.165) is 17.1 Å². The van der Waals surface area contributed by atoms with E-state index in [1.165, 1.54) is 4.90 Å². The summed E-state index contributed by atoms with van der Waals surface area (Å²) in [4.78, 5) is 29.5. The maximum absolute atomic E-state index is 13.1. The molecule has 0 saturated heterocycles. The lowest BCUT2D eigenvalue weighted by molar-refractivity contribution is 0.0926. The van der Waals surface area contributed by atoms with Crippen LogP contribution in [0.4, 0.5) is 22.7 Å². The van der Waals surface area contributed by atoms with Crippen molar-refractivity contribution < 1.29 is 19.1 Å². The van der Waals surface area contributed by atoms with E-state index in [2.05, 4.69) is 0 Å². The molecule has 0 fully saturated rings. The van der Waals surface area contributed by atoms with Gasteiger partial charge in [0.1, 0.15) is 5.75 Å². The molecule has 2 aliphatic rings. The van der Waals surface area contributed by atoms with Crippen molar-refractivity contribution in [2.75, 3.05) is 16.9 Å². The van der Waals surface area contributed by atoms with Gasteiger partial charge in [0.2, 0.25) is 0 Å². The van der Waals surface area contributed by atoms with Gasteiger partial charge in [0.05, 0.1) is 41.0 Å². The summed E-state index contributed by atoms with van der Waals surface area (Å²) in [6.07, 6.45) is 0. The third-order valence-electron chi connectivity index (χ3n) is 5.85. The number of carbonyl (C=O) groups excluding carboxylic acids is 2. The minimum absolute atomic E-state index is 0.349. The summed E-state index contributed by atoms with van der Waals surface area (Å²) < 4.78 is 11.7. The van der Waals surface area contributed by atoms with Gasteiger partial charge >= 0.3 is 0 Å². The largest absolute Gasteiger partial charge is 0.497 e. The van der Waals surface area contributed by atoms with Crippen molar-refractivity contribution in [2.45, 2.75) is 0 Å². The van der Waals surface area contributed by atoms with Gasteiger partial charge in [-0.1, -0.05) is 36.4 Å². The van der Waals surface area contributed by atoms with E-state index in [9.17, 15) is 9.59 Å². The maximum Gasteiger partial charge on any atom is 0.266 e. The lowest BCUT2D eigenvalue weighted by Gasteiger charge is -2.33. The van der Waals surface area contributed by atoms with Gasteiger partial charge in [0.25, 0.3) is 11.8 Å². The third-order valence-corrected chi connectivity index (χ3v) is 5.85. The van der Waals surface area contributed by atoms with Crippen LogP contribution in [-0.4, -0.2) is 18.9 Å². The first-order valence-corrected chi connectivity index (χ1v) is 10.5. The molecule has 2 heterocycles. The molecule has 4 aromatic carbocycles. The first-order valence-electron chi connectivity index (χ1n) is 10.5. The molecule has 160 valence electrons. The van der Waals surface area contributed by atoms with Crippen molar-refractivity contribution >= 4 is 34.6 Å². The van der Waals surface area contributed by atoms with Crippen LogP contribution < -0.4 is 19.3 Å². The van der Waals surface area contributed by atoms with Gasteiger partial charge in [-0.25, -0.2) is 4.90 Å². The Balaban J connectivity index is 1.53. The molecule has 0 spiro atoms. The van der Waals surface area contributed by atoms with Crippen LogP contribution in [0.3, 0.4) is 0 Å². The van der Waals surface area contributed by atoms with Crippen molar-refractivity contribution in [1.82, 2.24) is 0 Å². The van der Waals surface area contributed by atoms with Crippen molar-refractivity contribution in [3.8, 4) is 17.2 Å². The normalized spacial score (nSPS) is 13.8. The highest BCUT2D eigenvalue weighted by Gasteiger charge is 2.37. The van der Waals surface area contributed by atoms with E-state index in [0.29, 0.717) is 34.1 Å². The number of carbonyl (C=O) groups is 2. The lowest BCUT2D eigenvalue weighted by Crippen LogP contribution is -2.29. The van der Waals surface area contributed by atoms with Crippen molar-refractivity contribution in [3.63, 3.8) is 0 Å². The number of methoxy groups -OCH3 is 1. The van der Waals surface area contributed by atoms with Crippen LogP contribution in [0, 0.1) is 0 Å². The molecule has 6 nitrogen and oxygen atoms in total. The molecule has 2 aliphatic heterocycles. The Hall–Kier alpha value is -4.58. The Morgan fingerprint density at radius 3 is 1.67 bits per heavy atom. The topological polar surface area (TPSA) is 59.1 Å². The molecule has 0 atom stereocenters. The first kappa shape index (κ1) is 19.1. The van der Waals surface area contributed by atoms with Crippen LogP contribution >= 0.6 is 0 Å². The van der Waals surface area contributed by atoms with Crippen LogP contribution in [-0.2, 0) is 0 Å². The number of fused-ring (bicyclic) bond motifs is 3. The quantitative estimate of drug-likeness (QED) is 0.323. The van der Waals surface area contributed by atoms with E-state index >= 15 is 0 Å². The van der Waals surface area contributed by atoms with E-state index in [4.69, 9.17) is 9.47 Å². The lowest BCUT2D eigenvalue weighted by atomic mass is 10.1. The SMILES string of the molecule is COc1cc(N2C(=O)c3ccccc3C2=O)cc(N2c3ccccc3Oc3ccccc32)c1. The summed E-state index contributed by atoms with van der Waals surface area (Å²) in [5, 5.41) is 0. The molecule has 4 aromatic rings. The summed E-state index contributed by atoms with van der Waals surface area (Å²) in [6.45, 7) is 0. The predicted octanol–water partition coefficient (Wildman–Crippen LogP) is 6.07. The van der Waals surface area contributed by atoms with E-state index in [1.807, 2.05) is 65.6 Å². The van der Waals surface area contributed by atoms with Crippen LogP contribution in [0.1, 0.15) is 20.7 Å². The number of para-hydroxylation sites is 4. The van der Waals surface area contributed by atoms with Crippen molar-refractivity contribution in [2.24, 2.45) is 0 Å². The summed E-state index contributed by atoms with van der Waals surface area (Å²) in [7, 11) is 1.56. The Bertz CT molecular complexity index is 1370. The third kappa shape index (κ3) is 2.88. The number of imide groups is 1. The molecular formula is C27H18N2O4. The van der Waals surface area contributed by atoms with Crippen molar-refractivity contribution in [1.29, 1.82) is 0 Å². The number of benzene rings is 4. The molecule has 2 amide bonds. The monoisotopic (exact) mass is 434 g/mol. The van der Waals surface area contributed by atoms with Crippen LogP contribution in [0.15, 0.2) is 91.0 Å². The molecule has 0 bridgehead atoms. The van der Waals surface area contributed by atoms with E-state index in [1.54, 1.807) is 37.4 Å². The second-order valence-electron chi connectivity index (χ2n) is 7.75. The number of anilines is 4. The van der Waals surface area contributed by atoms with Gasteiger partial charge in [-0.3, -0.25) is 9.59 Å². The second kappa shape index (κ2) is 7.24. The first-order chi connectivity index (χ1) is 16.2. The number of ether oxygens (including phenoxy) is 2. The van der Waals surface area contributed by atoms with Crippen LogP contribution in [0.25, 0.3) is 0 Å². The predicted molar refractivity (Wildman–Crippen MR) is 125 cm³/mol. The number of amides is 2. The van der Waals surface area contributed by atoms with Crippen LogP contribution in [0.5, 0.6) is 17.2 Å². The standard InChI is InChI=1S/C27H18N2O4/c1-32-19-15-17(14-18(16-19)29-26(30)20-8-2-3-9-21(20)27(29)31)28-22-10-4-6-12-24(22)33-25-13-7-5-11-23(25)28/h2-16H,1H3. The van der Waals surface area contributed by atoms with Crippen molar-refractivity contribution in [3.05, 3.63) is 102 Å². The Labute approximate surface area is 190 Å². The molecule has 0 radical (unpaired) electrons. The Morgan fingerprint density at radius 1 is 0.636 bits per heavy atom. The smallest absolute Gasteiger partial charge is 0.266 e. The molecule has 6 heteroatoms. The minimum Gasteiger partial charge on any atom is -0.497 e. The molecule has 33 heavy (non-hydrogen) atoms. The highest BCUT2D eigenvalue weighted by atomic mass is 16.5. The summed E-state index contributed by atoms with van der Waals surface area (Å²) in [6, 6.07) is 27.7. The van der Waals surface area contributed by atoms with E-state index in [-0.39, 0.29) is 11.8 Å². The average molecular weight is 434 g/mol. The fourth-order valence-electron chi connectivity index (χ4n) is 4.35. The fraction of sp³-hybridized carbons (Fsp3) is 0.0370. The zero-order valence-corrected chi connectivity index (χ0v) is 17.7. The van der Waals surface area contributed by atoms with Gasteiger partial charge in [-0.15, -0.1) is 0 Å². The number of hydrogen-bond acceptors (Lipinski definition) is 5. The van der Waals surface area contributed by atoms with Gasteiger partial charge in [-0.05, 0) is 42.5 Å². The number of nitrogens with zero attached hydrogens (tertiary/aromatic N) is 2. The van der Waals surface area contributed by atoms with Crippen LogP contribution in [0.2, 0.25) is 0 Å². The highest BCUT2D eigenvalue weighted by molar-refractivity contribution is 6.34. The summed E-state index contributed by atoms with van der Waals surface area (Å²) >= 11 is 0. The summed E-state index contributed by atoms with van der Waals surface area (Å²) in [5.74, 6) is 1.25. The second-order valence-corrected chi connectivity index (χ2v) is 7.75. The minimum atomic E-state index is -0.349. The average Bonchev–Trinajstić information content (AvgIpc) is 3.12. The molecular weight excluding hydrogens is 416 g/mol. The Kier molecular flexibility index (Phi) is 4.20.